The molecular formula is C24H32FN3O4S. The molecule has 0 saturated carbocycles. The SMILES string of the molecule is CCNC(=O)[C@@H](C)N(Cc1ccccc1C)C(=O)CCCN(c1ccc(F)cc1)S(C)(=O)=O. The molecule has 2 rings (SSSR count). The lowest BCUT2D eigenvalue weighted by Gasteiger charge is -2.30. The van der Waals surface area contributed by atoms with Crippen molar-refractivity contribution in [1.29, 1.82) is 0 Å². The highest BCUT2D eigenvalue weighted by Gasteiger charge is 2.26. The molecule has 0 aliphatic carbocycles. The number of aryl methyl sites for hydroxylation is 1. The Hall–Kier alpha value is -2.94. The van der Waals surface area contributed by atoms with Crippen molar-refractivity contribution in [2.75, 3.05) is 23.7 Å². The maximum atomic E-state index is 13.2. The van der Waals surface area contributed by atoms with E-state index in [4.69, 9.17) is 0 Å². The highest BCUT2D eigenvalue weighted by molar-refractivity contribution is 7.92. The smallest absolute Gasteiger partial charge is 0.242 e. The largest absolute Gasteiger partial charge is 0.355 e. The van der Waals surface area contributed by atoms with Crippen molar-refractivity contribution in [2.45, 2.75) is 46.2 Å². The van der Waals surface area contributed by atoms with Gasteiger partial charge in [-0.2, -0.15) is 0 Å². The summed E-state index contributed by atoms with van der Waals surface area (Å²) in [5, 5.41) is 2.75. The Balaban J connectivity index is 2.15. The zero-order chi connectivity index (χ0) is 24.6. The van der Waals surface area contributed by atoms with Crippen LogP contribution in [0.5, 0.6) is 0 Å². The van der Waals surface area contributed by atoms with E-state index in [0.717, 1.165) is 21.7 Å². The van der Waals surface area contributed by atoms with Gasteiger partial charge in [-0.3, -0.25) is 13.9 Å². The molecule has 0 fully saturated rings. The number of nitrogens with one attached hydrogen (secondary N) is 1. The second-order valence-electron chi connectivity index (χ2n) is 7.93. The molecule has 180 valence electrons. The van der Waals surface area contributed by atoms with Gasteiger partial charge in [-0.15, -0.1) is 0 Å². The number of hydrogen-bond donors (Lipinski definition) is 1. The van der Waals surface area contributed by atoms with Crippen LogP contribution in [0.25, 0.3) is 0 Å². The lowest BCUT2D eigenvalue weighted by Crippen LogP contribution is -2.47. The van der Waals surface area contributed by atoms with E-state index < -0.39 is 21.9 Å². The van der Waals surface area contributed by atoms with E-state index in [1.165, 1.54) is 29.2 Å². The van der Waals surface area contributed by atoms with E-state index in [9.17, 15) is 22.4 Å². The number of sulfonamides is 1. The predicted octanol–water partition coefficient (Wildman–Crippen LogP) is 3.23. The third kappa shape index (κ3) is 7.56. The van der Waals surface area contributed by atoms with Crippen molar-refractivity contribution in [3.05, 3.63) is 65.5 Å². The van der Waals surface area contributed by atoms with Crippen LogP contribution in [0.15, 0.2) is 48.5 Å². The number of carbonyl (C=O) groups is 2. The molecule has 0 aliphatic rings. The van der Waals surface area contributed by atoms with Crippen LogP contribution in [0.2, 0.25) is 0 Å². The van der Waals surface area contributed by atoms with Crippen molar-refractivity contribution in [1.82, 2.24) is 10.2 Å². The molecule has 0 spiro atoms. The number of anilines is 1. The molecule has 33 heavy (non-hydrogen) atoms. The fourth-order valence-corrected chi connectivity index (χ4v) is 4.45. The van der Waals surface area contributed by atoms with Crippen LogP contribution >= 0.6 is 0 Å². The van der Waals surface area contributed by atoms with Gasteiger partial charge in [-0.05, 0) is 62.6 Å². The molecular weight excluding hydrogens is 445 g/mol. The Labute approximate surface area is 195 Å². The topological polar surface area (TPSA) is 86.8 Å². The van der Waals surface area contributed by atoms with Gasteiger partial charge >= 0.3 is 0 Å². The Bertz CT molecular complexity index is 1060. The van der Waals surface area contributed by atoms with Gasteiger partial charge in [0.25, 0.3) is 0 Å². The van der Waals surface area contributed by atoms with Crippen LogP contribution in [0.4, 0.5) is 10.1 Å². The van der Waals surface area contributed by atoms with Crippen LogP contribution in [-0.4, -0.2) is 50.5 Å². The molecule has 0 saturated heterocycles. The average Bonchev–Trinajstić information content (AvgIpc) is 2.75. The van der Waals surface area contributed by atoms with Crippen LogP contribution in [0.1, 0.15) is 37.8 Å². The first-order valence-electron chi connectivity index (χ1n) is 10.9. The minimum absolute atomic E-state index is 0.0584. The zero-order valence-electron chi connectivity index (χ0n) is 19.5. The fourth-order valence-electron chi connectivity index (χ4n) is 3.49. The van der Waals surface area contributed by atoms with Gasteiger partial charge in [-0.25, -0.2) is 12.8 Å². The predicted molar refractivity (Wildman–Crippen MR) is 128 cm³/mol. The average molecular weight is 478 g/mol. The van der Waals surface area contributed by atoms with Crippen molar-refractivity contribution in [3.63, 3.8) is 0 Å². The van der Waals surface area contributed by atoms with E-state index in [1.807, 2.05) is 38.1 Å². The molecule has 0 radical (unpaired) electrons. The maximum absolute atomic E-state index is 13.2. The van der Waals surface area contributed by atoms with Gasteiger partial charge in [-0.1, -0.05) is 24.3 Å². The van der Waals surface area contributed by atoms with Gasteiger partial charge in [0, 0.05) is 26.1 Å². The van der Waals surface area contributed by atoms with Gasteiger partial charge in [0.2, 0.25) is 21.8 Å². The molecule has 9 heteroatoms. The van der Waals surface area contributed by atoms with Crippen molar-refractivity contribution >= 4 is 27.5 Å². The molecule has 2 amide bonds. The number of likely N-dealkylation sites (N-methyl/N-ethyl adjacent to an activating group) is 1. The molecule has 2 aromatic carbocycles. The van der Waals surface area contributed by atoms with E-state index in [2.05, 4.69) is 5.32 Å². The molecule has 0 unspecified atom stereocenters. The third-order valence-electron chi connectivity index (χ3n) is 5.39. The molecule has 0 heterocycles. The quantitative estimate of drug-likeness (QED) is 0.538. The molecule has 0 aromatic heterocycles. The Morgan fingerprint density at radius 2 is 1.73 bits per heavy atom. The summed E-state index contributed by atoms with van der Waals surface area (Å²) >= 11 is 0. The minimum Gasteiger partial charge on any atom is -0.355 e. The Kier molecular flexibility index (Phi) is 9.40. The second kappa shape index (κ2) is 11.8. The first-order chi connectivity index (χ1) is 15.5. The lowest BCUT2D eigenvalue weighted by molar-refractivity contribution is -0.140. The summed E-state index contributed by atoms with van der Waals surface area (Å²) in [7, 11) is -3.62. The molecule has 1 N–H and O–H groups in total. The van der Waals surface area contributed by atoms with Crippen molar-refractivity contribution < 1.29 is 22.4 Å². The summed E-state index contributed by atoms with van der Waals surface area (Å²) in [5.74, 6) is -0.957. The monoisotopic (exact) mass is 477 g/mol. The third-order valence-corrected chi connectivity index (χ3v) is 6.58. The minimum atomic E-state index is -3.62. The van der Waals surface area contributed by atoms with Crippen molar-refractivity contribution in [3.8, 4) is 0 Å². The summed E-state index contributed by atoms with van der Waals surface area (Å²) in [6, 6.07) is 12.1. The van der Waals surface area contributed by atoms with Crippen LogP contribution in [-0.2, 0) is 26.2 Å². The number of rotatable bonds is 11. The number of amides is 2. The number of nitrogens with zero attached hydrogens (tertiary/aromatic N) is 2. The summed E-state index contributed by atoms with van der Waals surface area (Å²) in [4.78, 5) is 27.1. The summed E-state index contributed by atoms with van der Waals surface area (Å²) in [6.07, 6.45) is 1.37. The van der Waals surface area contributed by atoms with Crippen LogP contribution in [0.3, 0.4) is 0 Å². The number of halogens is 1. The Morgan fingerprint density at radius 3 is 2.30 bits per heavy atom. The first kappa shape index (κ1) is 26.3. The summed E-state index contributed by atoms with van der Waals surface area (Å²) in [6.45, 7) is 6.23. The molecule has 0 bridgehead atoms. The molecule has 7 nitrogen and oxygen atoms in total. The highest BCUT2D eigenvalue weighted by atomic mass is 32.2. The standard InChI is InChI=1S/C24H32FN3O4S/c1-5-26-24(30)19(3)27(17-20-10-7-6-9-18(20)2)23(29)11-8-16-28(33(4,31)32)22-14-12-21(25)13-15-22/h6-7,9-10,12-15,19H,5,8,11,16-17H2,1-4H3,(H,26,30)/t19-/m1/s1. The lowest BCUT2D eigenvalue weighted by atomic mass is 10.1. The number of hydrogen-bond acceptors (Lipinski definition) is 4. The number of benzene rings is 2. The van der Waals surface area contributed by atoms with Gasteiger partial charge < -0.3 is 10.2 Å². The molecule has 2 aromatic rings. The molecule has 0 aliphatic heterocycles. The van der Waals surface area contributed by atoms with Gasteiger partial charge in [0.05, 0.1) is 11.9 Å². The van der Waals surface area contributed by atoms with Crippen molar-refractivity contribution in [2.24, 2.45) is 0 Å². The fraction of sp³-hybridized carbons (Fsp3) is 0.417. The zero-order valence-corrected chi connectivity index (χ0v) is 20.4. The normalized spacial score (nSPS) is 12.2. The van der Waals surface area contributed by atoms with Crippen LogP contribution < -0.4 is 9.62 Å². The second-order valence-corrected chi connectivity index (χ2v) is 9.84. The Morgan fingerprint density at radius 1 is 1.09 bits per heavy atom. The summed E-state index contributed by atoms with van der Waals surface area (Å²) < 4.78 is 38.9. The maximum Gasteiger partial charge on any atom is 0.242 e. The number of carbonyl (C=O) groups excluding carboxylic acids is 2. The highest BCUT2D eigenvalue weighted by Crippen LogP contribution is 2.20. The van der Waals surface area contributed by atoms with E-state index in [0.29, 0.717) is 12.2 Å². The van der Waals surface area contributed by atoms with E-state index in [-0.39, 0.29) is 37.7 Å². The van der Waals surface area contributed by atoms with Gasteiger partial charge in [0.1, 0.15) is 11.9 Å². The van der Waals surface area contributed by atoms with Crippen LogP contribution in [0, 0.1) is 12.7 Å². The first-order valence-corrected chi connectivity index (χ1v) is 12.7. The van der Waals surface area contributed by atoms with E-state index >= 15 is 0 Å². The summed E-state index contributed by atoms with van der Waals surface area (Å²) in [5.41, 5.74) is 2.28. The van der Waals surface area contributed by atoms with Gasteiger partial charge in [0.15, 0.2) is 0 Å². The van der Waals surface area contributed by atoms with E-state index in [1.54, 1.807) is 6.92 Å². The molecule has 1 atom stereocenters.